The third-order valence-electron chi connectivity index (χ3n) is 2.62. The van der Waals surface area contributed by atoms with Crippen molar-refractivity contribution in [3.05, 3.63) is 63.9 Å². The van der Waals surface area contributed by atoms with Crippen molar-refractivity contribution in [2.24, 2.45) is 0 Å². The topological polar surface area (TPSA) is 51.2 Å². The molecule has 2 rings (SSSR count). The van der Waals surface area contributed by atoms with Crippen LogP contribution in [0, 0.1) is 18.6 Å². The zero-order chi connectivity index (χ0) is 15.4. The first-order chi connectivity index (χ1) is 9.99. The fourth-order valence-electron chi connectivity index (χ4n) is 1.60. The van der Waals surface area contributed by atoms with Gasteiger partial charge in [-0.15, -0.1) is 0 Å². The molecule has 0 aliphatic carbocycles. The zero-order valence-electron chi connectivity index (χ0n) is 11.0. The number of aryl methyl sites for hydroxylation is 1. The van der Waals surface area contributed by atoms with Gasteiger partial charge in [0.1, 0.15) is 23.8 Å². The Balaban J connectivity index is 1.99. The Morgan fingerprint density at radius 2 is 2.05 bits per heavy atom. The molecule has 0 saturated heterocycles. The molecule has 0 atom stereocenters. The van der Waals surface area contributed by atoms with Gasteiger partial charge < -0.3 is 0 Å². The molecular weight excluding hydrogens is 302 g/mol. The van der Waals surface area contributed by atoms with Crippen molar-refractivity contribution in [1.82, 2.24) is 10.5 Å². The number of carbonyl (C=O) groups excluding carboxylic acids is 1. The molecular formula is C14H11ClF2N2O2. The lowest BCUT2D eigenvalue weighted by molar-refractivity contribution is 0.0215. The lowest BCUT2D eigenvalue weighted by Gasteiger charge is -2.08. The van der Waals surface area contributed by atoms with Crippen LogP contribution in [-0.4, -0.2) is 10.9 Å². The summed E-state index contributed by atoms with van der Waals surface area (Å²) in [7, 11) is 0. The average molecular weight is 313 g/mol. The van der Waals surface area contributed by atoms with Crippen molar-refractivity contribution >= 4 is 17.5 Å². The van der Waals surface area contributed by atoms with E-state index in [0.717, 1.165) is 23.8 Å². The van der Waals surface area contributed by atoms with Crippen LogP contribution in [-0.2, 0) is 11.4 Å². The summed E-state index contributed by atoms with van der Waals surface area (Å²) in [4.78, 5) is 20.6. The van der Waals surface area contributed by atoms with Crippen LogP contribution in [0.2, 0.25) is 5.02 Å². The number of nitrogens with zero attached hydrogens (tertiary/aromatic N) is 1. The van der Waals surface area contributed by atoms with E-state index in [2.05, 4.69) is 4.98 Å². The first-order valence-corrected chi connectivity index (χ1v) is 6.34. The normalized spacial score (nSPS) is 10.5. The number of amides is 1. The molecule has 1 aromatic heterocycles. The molecule has 0 saturated carbocycles. The molecule has 0 bridgehead atoms. The van der Waals surface area contributed by atoms with Gasteiger partial charge in [0, 0.05) is 6.20 Å². The molecule has 0 spiro atoms. The number of carbonyl (C=O) groups is 1. The van der Waals surface area contributed by atoms with Crippen LogP contribution in [0.5, 0.6) is 0 Å². The second-order valence-corrected chi connectivity index (χ2v) is 4.66. The maximum atomic E-state index is 13.4. The van der Waals surface area contributed by atoms with Gasteiger partial charge in [0.05, 0.1) is 10.7 Å². The van der Waals surface area contributed by atoms with Crippen LogP contribution in [0.3, 0.4) is 0 Å². The van der Waals surface area contributed by atoms with E-state index in [1.807, 2.05) is 12.4 Å². The Labute approximate surface area is 124 Å². The maximum Gasteiger partial charge on any atom is 0.280 e. The van der Waals surface area contributed by atoms with Crippen LogP contribution in [0.4, 0.5) is 8.78 Å². The SMILES string of the molecule is Cc1cnc(CONC(=O)c2c(F)cccc2F)c(Cl)c1. The van der Waals surface area contributed by atoms with Gasteiger partial charge >= 0.3 is 0 Å². The first kappa shape index (κ1) is 15.3. The molecule has 1 N–H and O–H groups in total. The Hall–Kier alpha value is -2.05. The minimum atomic E-state index is -1.02. The van der Waals surface area contributed by atoms with Gasteiger partial charge in [0.2, 0.25) is 0 Å². The second kappa shape index (κ2) is 6.60. The molecule has 1 amide bonds. The summed E-state index contributed by atoms with van der Waals surface area (Å²) in [6.07, 6.45) is 1.59. The second-order valence-electron chi connectivity index (χ2n) is 4.26. The van der Waals surface area contributed by atoms with Gasteiger partial charge in [0.15, 0.2) is 0 Å². The summed E-state index contributed by atoms with van der Waals surface area (Å²) in [5.74, 6) is -2.96. The lowest BCUT2D eigenvalue weighted by atomic mass is 10.2. The number of nitrogens with one attached hydrogen (secondary N) is 1. The van der Waals surface area contributed by atoms with Crippen LogP contribution in [0.25, 0.3) is 0 Å². The molecule has 0 unspecified atom stereocenters. The monoisotopic (exact) mass is 312 g/mol. The van der Waals surface area contributed by atoms with Crippen LogP contribution in [0.1, 0.15) is 21.6 Å². The van der Waals surface area contributed by atoms with Crippen molar-refractivity contribution in [2.45, 2.75) is 13.5 Å². The number of benzene rings is 1. The highest BCUT2D eigenvalue weighted by molar-refractivity contribution is 6.31. The van der Waals surface area contributed by atoms with Crippen molar-refractivity contribution < 1.29 is 18.4 Å². The summed E-state index contributed by atoms with van der Waals surface area (Å²) in [6, 6.07) is 4.82. The number of hydrogen-bond acceptors (Lipinski definition) is 3. The number of rotatable bonds is 4. The minimum Gasteiger partial charge on any atom is -0.267 e. The van der Waals surface area contributed by atoms with Crippen molar-refractivity contribution in [3.8, 4) is 0 Å². The lowest BCUT2D eigenvalue weighted by Crippen LogP contribution is -2.26. The smallest absolute Gasteiger partial charge is 0.267 e. The van der Waals surface area contributed by atoms with E-state index in [-0.39, 0.29) is 6.61 Å². The number of halogens is 3. The predicted molar refractivity (Wildman–Crippen MR) is 72.6 cm³/mol. The molecule has 21 heavy (non-hydrogen) atoms. The number of aromatic nitrogens is 1. The van der Waals surface area contributed by atoms with Crippen molar-refractivity contribution in [3.63, 3.8) is 0 Å². The largest absolute Gasteiger partial charge is 0.280 e. The summed E-state index contributed by atoms with van der Waals surface area (Å²) >= 11 is 5.94. The predicted octanol–water partition coefficient (Wildman–Crippen LogP) is 3.18. The molecule has 1 aromatic carbocycles. The Kier molecular flexibility index (Phi) is 4.82. The summed E-state index contributed by atoms with van der Waals surface area (Å²) in [5, 5.41) is 0.376. The van der Waals surface area contributed by atoms with Gasteiger partial charge in [-0.2, -0.15) is 0 Å². The standard InChI is InChI=1S/C14H11ClF2N2O2/c1-8-5-9(15)12(18-6-8)7-21-19-14(20)13-10(16)3-2-4-11(13)17/h2-6H,7H2,1H3,(H,19,20). The summed E-state index contributed by atoms with van der Waals surface area (Å²) in [5.41, 5.74) is 2.52. The molecule has 4 nitrogen and oxygen atoms in total. The summed E-state index contributed by atoms with van der Waals surface area (Å²) < 4.78 is 26.7. The summed E-state index contributed by atoms with van der Waals surface area (Å²) in [6.45, 7) is 1.70. The molecule has 2 aromatic rings. The molecule has 0 fully saturated rings. The molecule has 0 aliphatic rings. The van der Waals surface area contributed by atoms with E-state index in [1.54, 1.807) is 12.3 Å². The molecule has 110 valence electrons. The highest BCUT2D eigenvalue weighted by Crippen LogP contribution is 2.16. The average Bonchev–Trinajstić information content (AvgIpc) is 2.41. The highest BCUT2D eigenvalue weighted by Gasteiger charge is 2.17. The van der Waals surface area contributed by atoms with Crippen LogP contribution >= 0.6 is 11.6 Å². The fraction of sp³-hybridized carbons (Fsp3) is 0.143. The van der Waals surface area contributed by atoms with Gasteiger partial charge in [-0.05, 0) is 30.7 Å². The Bertz CT molecular complexity index is 660. The fourth-order valence-corrected chi connectivity index (χ4v) is 1.88. The Morgan fingerprint density at radius 1 is 1.38 bits per heavy atom. The van der Waals surface area contributed by atoms with Gasteiger partial charge in [-0.3, -0.25) is 14.6 Å². The Morgan fingerprint density at radius 3 is 2.67 bits per heavy atom. The minimum absolute atomic E-state index is 0.124. The number of hydrogen-bond donors (Lipinski definition) is 1. The first-order valence-electron chi connectivity index (χ1n) is 5.96. The zero-order valence-corrected chi connectivity index (χ0v) is 11.7. The van der Waals surface area contributed by atoms with Gasteiger partial charge in [0.25, 0.3) is 5.91 Å². The van der Waals surface area contributed by atoms with E-state index in [0.29, 0.717) is 10.7 Å². The maximum absolute atomic E-state index is 13.4. The van der Waals surface area contributed by atoms with E-state index < -0.39 is 23.1 Å². The quantitative estimate of drug-likeness (QED) is 0.882. The van der Waals surface area contributed by atoms with Gasteiger partial charge in [-0.25, -0.2) is 14.3 Å². The van der Waals surface area contributed by atoms with Gasteiger partial charge in [-0.1, -0.05) is 17.7 Å². The molecule has 0 aliphatic heterocycles. The van der Waals surface area contributed by atoms with Crippen molar-refractivity contribution in [2.75, 3.05) is 0 Å². The van der Waals surface area contributed by atoms with E-state index in [1.165, 1.54) is 0 Å². The number of pyridine rings is 1. The van der Waals surface area contributed by atoms with Crippen molar-refractivity contribution in [1.29, 1.82) is 0 Å². The molecule has 7 heteroatoms. The third kappa shape index (κ3) is 3.74. The third-order valence-corrected chi connectivity index (χ3v) is 2.94. The van der Waals surface area contributed by atoms with E-state index >= 15 is 0 Å². The van der Waals surface area contributed by atoms with Crippen LogP contribution in [0.15, 0.2) is 30.5 Å². The molecule has 0 radical (unpaired) electrons. The number of hydroxylamine groups is 1. The van der Waals surface area contributed by atoms with E-state index in [9.17, 15) is 13.6 Å². The van der Waals surface area contributed by atoms with Crippen LogP contribution < -0.4 is 5.48 Å². The molecule has 1 heterocycles. The highest BCUT2D eigenvalue weighted by atomic mass is 35.5. The van der Waals surface area contributed by atoms with E-state index in [4.69, 9.17) is 16.4 Å².